The second-order valence-electron chi connectivity index (χ2n) is 7.18. The van der Waals surface area contributed by atoms with Gasteiger partial charge in [0.1, 0.15) is 11.8 Å². The summed E-state index contributed by atoms with van der Waals surface area (Å²) in [6.45, 7) is 1.20. The van der Waals surface area contributed by atoms with E-state index in [0.717, 1.165) is 34.7 Å². The number of hydrogen-bond acceptors (Lipinski definition) is 7. The molecule has 0 atom stereocenters. The Morgan fingerprint density at radius 2 is 1.82 bits per heavy atom. The van der Waals surface area contributed by atoms with Crippen LogP contribution in [0.3, 0.4) is 0 Å². The molecule has 0 saturated heterocycles. The zero-order valence-corrected chi connectivity index (χ0v) is 17.8. The van der Waals surface area contributed by atoms with Gasteiger partial charge in [0.2, 0.25) is 5.82 Å². The molecule has 8 nitrogen and oxygen atoms in total. The number of benzene rings is 2. The number of rotatable bonds is 9. The smallest absolute Gasteiger partial charge is 0.236 e. The highest BCUT2D eigenvalue weighted by Gasteiger charge is 2.13. The Hall–Kier alpha value is -4.69. The Labute approximate surface area is 191 Å². The maximum absolute atomic E-state index is 9.47. The van der Waals surface area contributed by atoms with Crippen molar-refractivity contribution in [3.8, 4) is 35.0 Å². The maximum atomic E-state index is 9.47. The summed E-state index contributed by atoms with van der Waals surface area (Å²) in [6.07, 6.45) is 4.58. The first-order valence-corrected chi connectivity index (χ1v) is 10.5. The van der Waals surface area contributed by atoms with Crippen LogP contribution in [0.25, 0.3) is 17.1 Å². The summed E-state index contributed by atoms with van der Waals surface area (Å²) in [5.74, 6) is 1.47. The van der Waals surface area contributed by atoms with E-state index in [1.54, 1.807) is 18.5 Å². The van der Waals surface area contributed by atoms with Crippen LogP contribution in [0.5, 0.6) is 5.75 Å². The molecule has 0 aliphatic heterocycles. The van der Waals surface area contributed by atoms with Gasteiger partial charge in [0.05, 0.1) is 18.4 Å². The van der Waals surface area contributed by atoms with Crippen molar-refractivity contribution in [2.45, 2.75) is 19.4 Å². The number of nitriles is 2. The van der Waals surface area contributed by atoms with Crippen LogP contribution < -0.4 is 10.1 Å². The van der Waals surface area contributed by atoms with E-state index in [0.29, 0.717) is 25.4 Å². The van der Waals surface area contributed by atoms with Gasteiger partial charge in [0, 0.05) is 36.6 Å². The lowest BCUT2D eigenvalue weighted by molar-refractivity contribution is 0.312. The average molecular weight is 435 g/mol. The van der Waals surface area contributed by atoms with Crippen molar-refractivity contribution in [2.75, 3.05) is 11.9 Å². The number of ether oxygens (including phenoxy) is 1. The predicted octanol–water partition coefficient (Wildman–Crippen LogP) is 4.50. The van der Waals surface area contributed by atoms with Crippen molar-refractivity contribution in [1.29, 1.82) is 10.5 Å². The first kappa shape index (κ1) is 21.5. The van der Waals surface area contributed by atoms with E-state index in [2.05, 4.69) is 32.5 Å². The quantitative estimate of drug-likeness (QED) is 0.385. The Balaban J connectivity index is 1.38. The van der Waals surface area contributed by atoms with Gasteiger partial charge in [-0.05, 0) is 60.5 Å². The van der Waals surface area contributed by atoms with Crippen molar-refractivity contribution in [1.82, 2.24) is 19.7 Å². The van der Waals surface area contributed by atoms with Crippen molar-refractivity contribution in [3.63, 3.8) is 0 Å². The largest absolute Gasteiger partial charge is 0.494 e. The molecular formula is C25H21N7O. The molecule has 2 aromatic carbocycles. The third-order valence-corrected chi connectivity index (χ3v) is 4.86. The molecule has 162 valence electrons. The summed E-state index contributed by atoms with van der Waals surface area (Å²) in [5.41, 5.74) is 3.57. The van der Waals surface area contributed by atoms with Crippen molar-refractivity contribution < 1.29 is 4.74 Å². The second kappa shape index (κ2) is 10.6. The summed E-state index contributed by atoms with van der Waals surface area (Å²) in [7, 11) is 0. The number of hydrogen-bond donors (Lipinski definition) is 1. The van der Waals surface area contributed by atoms with E-state index in [-0.39, 0.29) is 5.82 Å². The van der Waals surface area contributed by atoms with Gasteiger partial charge in [0.25, 0.3) is 0 Å². The van der Waals surface area contributed by atoms with Crippen LogP contribution >= 0.6 is 0 Å². The molecule has 0 saturated carbocycles. The molecule has 0 amide bonds. The minimum absolute atomic E-state index is 0.212. The van der Waals surface area contributed by atoms with E-state index in [4.69, 9.17) is 10.00 Å². The van der Waals surface area contributed by atoms with Crippen LogP contribution in [-0.2, 0) is 6.54 Å². The number of nitrogens with zero attached hydrogens (tertiary/aromatic N) is 6. The standard InChI is InChI=1S/C25H21N7O/c26-13-1-2-15-33-23-11-5-19(6-12-23)17-29-21-7-9-22(10-8-21)32-24(16-27)30-25(31-32)20-4-3-14-28-18-20/h3-12,14,18,29H,1-2,15,17H2. The molecule has 0 spiro atoms. The van der Waals surface area contributed by atoms with Crippen LogP contribution in [0, 0.1) is 22.7 Å². The van der Waals surface area contributed by atoms with E-state index in [1.165, 1.54) is 4.68 Å². The zero-order chi connectivity index (χ0) is 22.9. The van der Waals surface area contributed by atoms with Crippen molar-refractivity contribution >= 4 is 5.69 Å². The Morgan fingerprint density at radius 1 is 1.00 bits per heavy atom. The third-order valence-electron chi connectivity index (χ3n) is 4.86. The fraction of sp³-hybridized carbons (Fsp3) is 0.160. The normalized spacial score (nSPS) is 10.2. The maximum Gasteiger partial charge on any atom is 0.236 e. The lowest BCUT2D eigenvalue weighted by Crippen LogP contribution is -2.02. The molecule has 8 heteroatoms. The molecule has 0 unspecified atom stereocenters. The molecule has 2 heterocycles. The summed E-state index contributed by atoms with van der Waals surface area (Å²) >= 11 is 0. The van der Waals surface area contributed by atoms with E-state index >= 15 is 0 Å². The Kier molecular flexibility index (Phi) is 6.89. The molecule has 4 aromatic rings. The molecule has 33 heavy (non-hydrogen) atoms. The number of aromatic nitrogens is 4. The molecule has 0 bridgehead atoms. The molecule has 0 aliphatic rings. The lowest BCUT2D eigenvalue weighted by Gasteiger charge is -2.09. The summed E-state index contributed by atoms with van der Waals surface area (Å²) < 4.78 is 7.15. The third kappa shape index (κ3) is 5.52. The van der Waals surface area contributed by atoms with Gasteiger partial charge in [-0.3, -0.25) is 4.98 Å². The van der Waals surface area contributed by atoms with Gasteiger partial charge >= 0.3 is 0 Å². The van der Waals surface area contributed by atoms with Gasteiger partial charge in [-0.1, -0.05) is 12.1 Å². The predicted molar refractivity (Wildman–Crippen MR) is 123 cm³/mol. The van der Waals surface area contributed by atoms with Gasteiger partial charge in [0.15, 0.2) is 5.82 Å². The van der Waals surface area contributed by atoms with Crippen molar-refractivity contribution in [3.05, 3.63) is 84.4 Å². The number of anilines is 1. The second-order valence-corrected chi connectivity index (χ2v) is 7.18. The highest BCUT2D eigenvalue weighted by molar-refractivity contribution is 5.55. The topological polar surface area (TPSA) is 112 Å². The molecule has 1 N–H and O–H groups in total. The van der Waals surface area contributed by atoms with Crippen LogP contribution in [0.15, 0.2) is 73.1 Å². The van der Waals surface area contributed by atoms with E-state index < -0.39 is 0 Å². The van der Waals surface area contributed by atoms with Crippen LogP contribution in [-0.4, -0.2) is 26.4 Å². The van der Waals surface area contributed by atoms with E-state index in [9.17, 15) is 5.26 Å². The Bertz CT molecular complexity index is 1270. The van der Waals surface area contributed by atoms with Gasteiger partial charge < -0.3 is 10.1 Å². The molecule has 2 aromatic heterocycles. The first-order chi connectivity index (χ1) is 16.3. The van der Waals surface area contributed by atoms with Crippen LogP contribution in [0.1, 0.15) is 24.2 Å². The molecular weight excluding hydrogens is 414 g/mol. The minimum Gasteiger partial charge on any atom is -0.494 e. The molecule has 0 fully saturated rings. The summed E-state index contributed by atoms with van der Waals surface area (Å²) in [6, 6.07) is 23.4. The fourth-order valence-corrected chi connectivity index (χ4v) is 3.15. The van der Waals surface area contributed by atoms with Gasteiger partial charge in [-0.25, -0.2) is 4.68 Å². The molecule has 0 aliphatic carbocycles. The monoisotopic (exact) mass is 435 g/mol. The van der Waals surface area contributed by atoms with Crippen LogP contribution in [0.4, 0.5) is 5.69 Å². The zero-order valence-electron chi connectivity index (χ0n) is 17.8. The minimum atomic E-state index is 0.212. The fourth-order valence-electron chi connectivity index (χ4n) is 3.15. The van der Waals surface area contributed by atoms with Gasteiger partial charge in [-0.2, -0.15) is 15.5 Å². The highest BCUT2D eigenvalue weighted by atomic mass is 16.5. The number of nitrogens with one attached hydrogen (secondary N) is 1. The highest BCUT2D eigenvalue weighted by Crippen LogP contribution is 2.20. The number of pyridine rings is 1. The lowest BCUT2D eigenvalue weighted by atomic mass is 10.2. The van der Waals surface area contributed by atoms with E-state index in [1.807, 2.05) is 54.6 Å². The summed E-state index contributed by atoms with van der Waals surface area (Å²) in [4.78, 5) is 8.40. The molecule has 0 radical (unpaired) electrons. The van der Waals surface area contributed by atoms with Gasteiger partial charge in [-0.15, -0.1) is 5.10 Å². The molecule has 4 rings (SSSR count). The number of unbranched alkanes of at least 4 members (excludes halogenated alkanes) is 1. The van der Waals surface area contributed by atoms with Crippen molar-refractivity contribution in [2.24, 2.45) is 0 Å². The Morgan fingerprint density at radius 3 is 2.52 bits per heavy atom. The average Bonchev–Trinajstić information content (AvgIpc) is 3.32. The summed E-state index contributed by atoms with van der Waals surface area (Å²) in [5, 5.41) is 25.9. The van der Waals surface area contributed by atoms with Crippen LogP contribution in [0.2, 0.25) is 0 Å². The first-order valence-electron chi connectivity index (χ1n) is 10.5. The SMILES string of the molecule is N#CCCCOc1ccc(CNc2ccc(-n3nc(-c4cccnc4)nc3C#N)cc2)cc1.